The fourth-order valence-corrected chi connectivity index (χ4v) is 5.87. The van der Waals surface area contributed by atoms with Crippen molar-refractivity contribution in [3.8, 4) is 5.75 Å². The Hall–Kier alpha value is -4.92. The number of aromatic nitrogens is 2. The number of thioether (sulfide) groups is 1. The number of hydrogen-bond acceptors (Lipinski definition) is 12. The quantitative estimate of drug-likeness (QED) is 0.0831. The lowest BCUT2D eigenvalue weighted by atomic mass is 10.0. The third kappa shape index (κ3) is 11.6. The van der Waals surface area contributed by atoms with Crippen molar-refractivity contribution >= 4 is 41.5 Å². The molecule has 10 N–H and O–H groups in total. The predicted molar refractivity (Wildman–Crippen MR) is 188 cm³/mol. The van der Waals surface area contributed by atoms with Crippen LogP contribution in [0.25, 0.3) is 0 Å². The number of H-pyrrole nitrogens is 1. The van der Waals surface area contributed by atoms with Crippen LogP contribution in [0.1, 0.15) is 38.5 Å². The molecule has 286 valence electrons. The molecule has 1 fully saturated rings. The summed E-state index contributed by atoms with van der Waals surface area (Å²) in [4.78, 5) is 92.1. The molecule has 2 heterocycles. The van der Waals surface area contributed by atoms with Gasteiger partial charge in [-0.15, -0.1) is 0 Å². The van der Waals surface area contributed by atoms with Crippen molar-refractivity contribution in [2.45, 2.75) is 81.8 Å². The number of aromatic hydroxyl groups is 1. The van der Waals surface area contributed by atoms with Gasteiger partial charge in [-0.05, 0) is 50.0 Å². The molecule has 0 unspecified atom stereocenters. The molecule has 52 heavy (non-hydrogen) atoms. The van der Waals surface area contributed by atoms with Crippen LogP contribution in [0.2, 0.25) is 0 Å². The van der Waals surface area contributed by atoms with Crippen LogP contribution in [0.5, 0.6) is 5.75 Å². The van der Waals surface area contributed by atoms with Crippen LogP contribution in [-0.2, 0) is 30.3 Å². The second-order valence-electron chi connectivity index (χ2n) is 12.4. The molecule has 8 atom stereocenters. The summed E-state index contributed by atoms with van der Waals surface area (Å²) in [7, 11) is 1.41. The van der Waals surface area contributed by atoms with E-state index in [1.54, 1.807) is 6.26 Å². The monoisotopic (exact) mass is 750 g/mol. The minimum Gasteiger partial charge on any atom is -0.508 e. The number of nitrogens with zero attached hydrogens (tertiary/aromatic N) is 2. The van der Waals surface area contributed by atoms with Gasteiger partial charge in [0.2, 0.25) is 17.7 Å². The Morgan fingerprint density at radius 1 is 1.06 bits per heavy atom. The fraction of sp³-hybridized carbons (Fsp3) is 0.531. The molecule has 0 radical (unpaired) electrons. The van der Waals surface area contributed by atoms with Gasteiger partial charge in [0, 0.05) is 38.7 Å². The summed E-state index contributed by atoms with van der Waals surface area (Å²) in [5.41, 5.74) is 4.88. The summed E-state index contributed by atoms with van der Waals surface area (Å²) in [6, 6.07) is -0.0259. The van der Waals surface area contributed by atoms with Crippen LogP contribution >= 0.6 is 11.8 Å². The number of likely N-dealkylation sites (N-methyl/N-ethyl adjacent to an activating group) is 1. The van der Waals surface area contributed by atoms with Crippen LogP contribution in [0, 0.1) is 0 Å². The van der Waals surface area contributed by atoms with Crippen molar-refractivity contribution in [1.82, 2.24) is 35.7 Å². The number of benzene rings is 1. The van der Waals surface area contributed by atoms with E-state index < -0.39 is 89.6 Å². The largest absolute Gasteiger partial charge is 0.508 e. The number of urea groups is 1. The standard InChI is InChI=1S/C32H46N8O11S/c1-16(33)28(46)39(3)17(2)25(27(45)34-15-20-14-23(42)29(51-20)40-11-9-24(43)37-32(40)50)38-26(44)21(10-12-52-4)35-31(49)36-22(30(47)48)13-18-5-7-19(41)8-6-18/h5-9,11,16-17,20-23,25,29,41-42H,10,12-15,33H2,1-4H3,(H,34,45)(H,38,44)(H,47,48)(H2,35,36,49)(H,37,43,50)/t16-,17-,20+,21-,22-,23+,25-,29+/m0/s1. The van der Waals surface area contributed by atoms with Gasteiger partial charge in [0.15, 0.2) is 6.23 Å². The third-order valence-electron chi connectivity index (χ3n) is 8.42. The van der Waals surface area contributed by atoms with Gasteiger partial charge in [0.1, 0.15) is 30.0 Å². The van der Waals surface area contributed by atoms with E-state index in [9.17, 15) is 48.9 Å². The van der Waals surface area contributed by atoms with Gasteiger partial charge in [-0.1, -0.05) is 12.1 Å². The summed E-state index contributed by atoms with van der Waals surface area (Å²) >= 11 is 1.38. The number of aliphatic hydroxyl groups excluding tert-OH is 1. The van der Waals surface area contributed by atoms with E-state index in [-0.39, 0.29) is 31.6 Å². The predicted octanol–water partition coefficient (Wildman–Crippen LogP) is -2.20. The molecule has 1 aromatic heterocycles. The van der Waals surface area contributed by atoms with E-state index in [1.807, 2.05) is 0 Å². The van der Waals surface area contributed by atoms with E-state index >= 15 is 0 Å². The number of carbonyl (C=O) groups excluding carboxylic acids is 4. The Morgan fingerprint density at radius 2 is 1.71 bits per heavy atom. The average molecular weight is 751 g/mol. The van der Waals surface area contributed by atoms with Crippen LogP contribution in [-0.4, -0.2) is 128 Å². The normalized spacial score (nSPS) is 19.7. The second kappa shape index (κ2) is 19.1. The third-order valence-corrected chi connectivity index (χ3v) is 9.06. The summed E-state index contributed by atoms with van der Waals surface area (Å²) in [6.07, 6.45) is -0.166. The zero-order valence-corrected chi connectivity index (χ0v) is 29.9. The molecule has 0 aliphatic carbocycles. The lowest BCUT2D eigenvalue weighted by molar-refractivity contribution is -0.139. The molecule has 1 aliphatic heterocycles. The number of aliphatic hydroxyl groups is 1. The Kier molecular flexibility index (Phi) is 15.2. The van der Waals surface area contributed by atoms with E-state index in [1.165, 1.54) is 68.0 Å². The molecule has 20 heteroatoms. The highest BCUT2D eigenvalue weighted by atomic mass is 32.2. The zero-order chi connectivity index (χ0) is 38.7. The highest BCUT2D eigenvalue weighted by Crippen LogP contribution is 2.27. The number of aromatic amines is 1. The molecule has 0 spiro atoms. The number of nitrogens with two attached hydrogens (primary N) is 1. The highest BCUT2D eigenvalue weighted by Gasteiger charge is 2.38. The fourth-order valence-electron chi connectivity index (χ4n) is 5.40. The molecule has 1 aromatic carbocycles. The van der Waals surface area contributed by atoms with Crippen molar-refractivity contribution in [2.75, 3.05) is 25.6 Å². The Morgan fingerprint density at radius 3 is 2.31 bits per heavy atom. The van der Waals surface area contributed by atoms with E-state index in [2.05, 4.69) is 26.3 Å². The van der Waals surface area contributed by atoms with Gasteiger partial charge in [-0.2, -0.15) is 11.8 Å². The number of aliphatic carboxylic acids is 1. The smallest absolute Gasteiger partial charge is 0.330 e. The second-order valence-corrected chi connectivity index (χ2v) is 13.4. The molecular weight excluding hydrogens is 704 g/mol. The Labute approximate surface area is 302 Å². The van der Waals surface area contributed by atoms with Gasteiger partial charge >= 0.3 is 17.7 Å². The van der Waals surface area contributed by atoms with Gasteiger partial charge in [-0.3, -0.25) is 28.7 Å². The van der Waals surface area contributed by atoms with Gasteiger partial charge < -0.3 is 52.0 Å². The minimum absolute atomic E-state index is 0.00599. The number of carboxylic acids is 1. The maximum absolute atomic E-state index is 13.7. The number of carbonyl (C=O) groups is 5. The Balaban J connectivity index is 1.75. The van der Waals surface area contributed by atoms with E-state index in [4.69, 9.17) is 10.5 Å². The van der Waals surface area contributed by atoms with Crippen molar-refractivity contribution in [2.24, 2.45) is 5.73 Å². The number of rotatable bonds is 17. The number of phenolic OH excluding ortho intramolecular Hbond substituents is 1. The number of carboxylic acid groups (broad SMARTS) is 1. The molecule has 0 bridgehead atoms. The number of nitrogens with one attached hydrogen (secondary N) is 5. The molecule has 2 aromatic rings. The number of amides is 5. The Bertz CT molecular complexity index is 1690. The first kappa shape index (κ1) is 41.5. The van der Waals surface area contributed by atoms with Gasteiger partial charge in [-0.25, -0.2) is 14.4 Å². The SMILES string of the molecule is CSCC[C@H](NC(=O)N[C@@H](Cc1ccc(O)cc1)C(=O)O)C(=O)N[C@H](C(=O)NC[C@H]1C[C@@H](O)[C@H](n2ccc(=O)[nH]c2=O)O1)[C@H](C)N(C)C(=O)[C@H](C)N. The van der Waals surface area contributed by atoms with Crippen molar-refractivity contribution < 1.29 is 44.0 Å². The van der Waals surface area contributed by atoms with Crippen LogP contribution < -0.4 is 38.2 Å². The van der Waals surface area contributed by atoms with Crippen molar-refractivity contribution in [3.63, 3.8) is 0 Å². The maximum Gasteiger partial charge on any atom is 0.330 e. The van der Waals surface area contributed by atoms with Gasteiger partial charge in [0.25, 0.3) is 5.56 Å². The topological polar surface area (TPSA) is 288 Å². The molecule has 3 rings (SSSR count). The highest BCUT2D eigenvalue weighted by molar-refractivity contribution is 7.98. The first-order valence-electron chi connectivity index (χ1n) is 16.3. The minimum atomic E-state index is -1.40. The summed E-state index contributed by atoms with van der Waals surface area (Å²) in [6.45, 7) is 2.79. The average Bonchev–Trinajstić information content (AvgIpc) is 3.46. The zero-order valence-electron chi connectivity index (χ0n) is 29.1. The van der Waals surface area contributed by atoms with Crippen LogP contribution in [0.15, 0.2) is 46.1 Å². The van der Waals surface area contributed by atoms with Gasteiger partial charge in [0.05, 0.1) is 18.2 Å². The molecule has 1 aliphatic rings. The first-order chi connectivity index (χ1) is 24.5. The van der Waals surface area contributed by atoms with Crippen molar-refractivity contribution in [1.29, 1.82) is 0 Å². The molecule has 19 nitrogen and oxygen atoms in total. The summed E-state index contributed by atoms with van der Waals surface area (Å²) < 4.78 is 6.80. The van der Waals surface area contributed by atoms with E-state index in [0.717, 1.165) is 10.6 Å². The molecular formula is C32H46N8O11S. The van der Waals surface area contributed by atoms with Crippen LogP contribution in [0.3, 0.4) is 0 Å². The lowest BCUT2D eigenvalue weighted by Gasteiger charge is -2.33. The number of ether oxygens (including phenoxy) is 1. The number of hydrogen-bond donors (Lipinski definition) is 9. The summed E-state index contributed by atoms with van der Waals surface area (Å²) in [5.74, 6) is -3.03. The van der Waals surface area contributed by atoms with E-state index in [0.29, 0.717) is 11.3 Å². The molecule has 1 saturated heterocycles. The van der Waals surface area contributed by atoms with Crippen LogP contribution in [0.4, 0.5) is 4.79 Å². The molecule has 5 amide bonds. The summed E-state index contributed by atoms with van der Waals surface area (Å²) in [5, 5.41) is 39.9. The van der Waals surface area contributed by atoms with Crippen molar-refractivity contribution in [3.05, 3.63) is 62.9 Å². The first-order valence-corrected chi connectivity index (χ1v) is 17.7. The maximum atomic E-state index is 13.7. The lowest BCUT2D eigenvalue weighted by Crippen LogP contribution is -2.62. The number of phenols is 1. The molecule has 0 saturated carbocycles.